The average molecular weight is 469 g/mol. The lowest BCUT2D eigenvalue weighted by Gasteiger charge is -2.08. The third-order valence-electron chi connectivity index (χ3n) is 3.70. The molecule has 3 N–H and O–H groups in total. The molecule has 2 aromatic rings. The third-order valence-corrected chi connectivity index (χ3v) is 3.70. The molecule has 2 aromatic carbocycles. The van der Waals surface area contributed by atoms with E-state index in [-0.39, 0.29) is 24.0 Å². The summed E-state index contributed by atoms with van der Waals surface area (Å²) in [5.74, 6) is 1.24. The third kappa shape index (κ3) is 8.05. The van der Waals surface area contributed by atoms with Crippen LogP contribution in [0.5, 0.6) is 5.75 Å². The van der Waals surface area contributed by atoms with Crippen molar-refractivity contribution in [2.75, 3.05) is 25.6 Å². The van der Waals surface area contributed by atoms with E-state index in [9.17, 15) is 0 Å². The van der Waals surface area contributed by atoms with Crippen molar-refractivity contribution in [3.63, 3.8) is 0 Å². The molecule has 0 aliphatic rings. The van der Waals surface area contributed by atoms with Crippen LogP contribution in [-0.4, -0.2) is 26.3 Å². The lowest BCUT2D eigenvalue weighted by molar-refractivity contribution is 0.172. The van der Waals surface area contributed by atoms with Crippen molar-refractivity contribution < 1.29 is 9.47 Å². The van der Waals surface area contributed by atoms with E-state index in [0.29, 0.717) is 25.7 Å². The molecule has 0 fully saturated rings. The highest BCUT2D eigenvalue weighted by Crippen LogP contribution is 2.15. The Balaban J connectivity index is 0.00000338. The Morgan fingerprint density at radius 2 is 1.85 bits per heavy atom. The molecule has 6 heteroatoms. The summed E-state index contributed by atoms with van der Waals surface area (Å²) < 4.78 is 10.7. The van der Waals surface area contributed by atoms with Crippen LogP contribution in [0.3, 0.4) is 0 Å². The molecule has 5 nitrogen and oxygen atoms in total. The van der Waals surface area contributed by atoms with Gasteiger partial charge >= 0.3 is 0 Å². The number of guanidine groups is 1. The number of ether oxygens (including phenoxy) is 2. The first-order chi connectivity index (χ1) is 12.2. The van der Waals surface area contributed by atoms with Crippen LogP contribution in [-0.2, 0) is 17.7 Å². The highest BCUT2D eigenvalue weighted by Gasteiger charge is 1.99. The van der Waals surface area contributed by atoms with Crippen molar-refractivity contribution in [3.8, 4) is 5.75 Å². The lowest BCUT2D eigenvalue weighted by atomic mass is 10.1. The fraction of sp³-hybridized carbons (Fsp3) is 0.350. The largest absolute Gasteiger partial charge is 0.493 e. The number of aryl methyl sites for hydroxylation is 1. The summed E-state index contributed by atoms with van der Waals surface area (Å²) in [7, 11) is 1.69. The molecular formula is C20H28IN3O2. The molecule has 0 atom stereocenters. The van der Waals surface area contributed by atoms with E-state index in [0.717, 1.165) is 29.8 Å². The topological polar surface area (TPSA) is 68.9 Å². The summed E-state index contributed by atoms with van der Waals surface area (Å²) in [6, 6.07) is 16.1. The van der Waals surface area contributed by atoms with Gasteiger partial charge in [-0.3, -0.25) is 0 Å². The van der Waals surface area contributed by atoms with E-state index >= 15 is 0 Å². The number of rotatable bonds is 9. The normalized spacial score (nSPS) is 10.9. The number of aliphatic imine (C=N–C) groups is 1. The van der Waals surface area contributed by atoms with Gasteiger partial charge in [-0.05, 0) is 41.8 Å². The van der Waals surface area contributed by atoms with Crippen LogP contribution in [0.25, 0.3) is 0 Å². The van der Waals surface area contributed by atoms with Gasteiger partial charge in [-0.2, -0.15) is 0 Å². The summed E-state index contributed by atoms with van der Waals surface area (Å²) in [6.07, 6.45) is 1.86. The zero-order chi connectivity index (χ0) is 17.9. The second kappa shape index (κ2) is 12.5. The van der Waals surface area contributed by atoms with Crippen molar-refractivity contribution in [2.24, 2.45) is 10.7 Å². The van der Waals surface area contributed by atoms with E-state index in [1.165, 1.54) is 5.56 Å². The SMILES string of the molecule is CCc1cccc(NC(N)=NCc2cccc(OCCCOC)c2)c1.I. The second-order valence-electron chi connectivity index (χ2n) is 5.72. The van der Waals surface area contributed by atoms with Crippen molar-refractivity contribution in [1.29, 1.82) is 0 Å². The number of halogens is 1. The molecule has 26 heavy (non-hydrogen) atoms. The van der Waals surface area contributed by atoms with Gasteiger partial charge in [-0.15, -0.1) is 24.0 Å². The Bertz CT molecular complexity index is 692. The Labute approximate surface area is 173 Å². The fourth-order valence-corrected chi connectivity index (χ4v) is 2.36. The Hall–Kier alpha value is -1.80. The number of anilines is 1. The van der Waals surface area contributed by atoms with Gasteiger partial charge in [0.15, 0.2) is 5.96 Å². The maximum absolute atomic E-state index is 5.99. The van der Waals surface area contributed by atoms with Crippen LogP contribution < -0.4 is 15.8 Å². The van der Waals surface area contributed by atoms with Gasteiger partial charge in [0, 0.05) is 25.8 Å². The number of nitrogens with zero attached hydrogens (tertiary/aromatic N) is 1. The first-order valence-electron chi connectivity index (χ1n) is 8.58. The van der Waals surface area contributed by atoms with Gasteiger partial charge in [0.05, 0.1) is 13.2 Å². The maximum atomic E-state index is 5.99. The number of hydrogen-bond acceptors (Lipinski definition) is 3. The molecule has 142 valence electrons. The van der Waals surface area contributed by atoms with E-state index in [2.05, 4.69) is 29.4 Å². The summed E-state index contributed by atoms with van der Waals surface area (Å²) >= 11 is 0. The van der Waals surface area contributed by atoms with Crippen molar-refractivity contribution in [2.45, 2.75) is 26.3 Å². The number of methoxy groups -OCH3 is 1. The molecule has 0 heterocycles. The van der Waals surface area contributed by atoms with Crippen LogP contribution in [0.1, 0.15) is 24.5 Å². The first kappa shape index (κ1) is 22.2. The monoisotopic (exact) mass is 469 g/mol. The summed E-state index contributed by atoms with van der Waals surface area (Å²) in [4.78, 5) is 4.40. The number of nitrogens with two attached hydrogens (primary N) is 1. The molecule has 0 spiro atoms. The quantitative estimate of drug-likeness (QED) is 0.250. The molecule has 0 unspecified atom stereocenters. The standard InChI is InChI=1S/C20H27N3O2.HI/c1-3-16-7-4-9-18(13-16)23-20(21)22-15-17-8-5-10-19(14-17)25-12-6-11-24-2;/h4-5,7-10,13-14H,3,6,11-12,15H2,1-2H3,(H3,21,22,23);1H. The molecule has 0 amide bonds. The van der Waals surface area contributed by atoms with Gasteiger partial charge in [0.2, 0.25) is 0 Å². The molecule has 0 bridgehead atoms. The lowest BCUT2D eigenvalue weighted by Crippen LogP contribution is -2.22. The van der Waals surface area contributed by atoms with Crippen LogP contribution >= 0.6 is 24.0 Å². The minimum Gasteiger partial charge on any atom is -0.493 e. The Morgan fingerprint density at radius 1 is 1.08 bits per heavy atom. The van der Waals surface area contributed by atoms with E-state index in [1.54, 1.807) is 7.11 Å². The number of hydrogen-bond donors (Lipinski definition) is 2. The predicted molar refractivity (Wildman–Crippen MR) is 119 cm³/mol. The first-order valence-corrected chi connectivity index (χ1v) is 8.58. The number of nitrogens with one attached hydrogen (secondary N) is 1. The fourth-order valence-electron chi connectivity index (χ4n) is 2.36. The van der Waals surface area contributed by atoms with E-state index in [4.69, 9.17) is 15.2 Å². The van der Waals surface area contributed by atoms with Crippen molar-refractivity contribution in [1.82, 2.24) is 0 Å². The Kier molecular flexibility index (Phi) is 10.7. The molecule has 0 radical (unpaired) electrons. The molecule has 0 aromatic heterocycles. The molecule has 2 rings (SSSR count). The number of benzene rings is 2. The minimum absolute atomic E-state index is 0. The van der Waals surface area contributed by atoms with Gasteiger partial charge in [0.25, 0.3) is 0 Å². The zero-order valence-corrected chi connectivity index (χ0v) is 17.7. The Morgan fingerprint density at radius 3 is 2.62 bits per heavy atom. The van der Waals surface area contributed by atoms with Crippen LogP contribution in [0.15, 0.2) is 53.5 Å². The van der Waals surface area contributed by atoms with Crippen LogP contribution in [0.4, 0.5) is 5.69 Å². The van der Waals surface area contributed by atoms with Crippen molar-refractivity contribution >= 4 is 35.6 Å². The van der Waals surface area contributed by atoms with Gasteiger partial charge in [-0.25, -0.2) is 4.99 Å². The predicted octanol–water partition coefficient (Wildman–Crippen LogP) is 4.21. The van der Waals surface area contributed by atoms with Crippen molar-refractivity contribution in [3.05, 3.63) is 59.7 Å². The average Bonchev–Trinajstić information content (AvgIpc) is 2.64. The minimum atomic E-state index is 0. The second-order valence-corrected chi connectivity index (χ2v) is 5.72. The molecular weight excluding hydrogens is 441 g/mol. The smallest absolute Gasteiger partial charge is 0.193 e. The summed E-state index contributed by atoms with van der Waals surface area (Å²) in [5.41, 5.74) is 9.26. The van der Waals surface area contributed by atoms with Crippen LogP contribution in [0.2, 0.25) is 0 Å². The summed E-state index contributed by atoms with van der Waals surface area (Å²) in [6.45, 7) is 3.96. The van der Waals surface area contributed by atoms with E-state index < -0.39 is 0 Å². The summed E-state index contributed by atoms with van der Waals surface area (Å²) in [5, 5.41) is 3.13. The van der Waals surface area contributed by atoms with Crippen LogP contribution in [0, 0.1) is 0 Å². The molecule has 0 aliphatic heterocycles. The zero-order valence-electron chi connectivity index (χ0n) is 15.4. The molecule has 0 saturated heterocycles. The molecule has 0 saturated carbocycles. The van der Waals surface area contributed by atoms with Gasteiger partial charge in [0.1, 0.15) is 5.75 Å². The van der Waals surface area contributed by atoms with Gasteiger partial charge < -0.3 is 20.5 Å². The molecule has 0 aliphatic carbocycles. The highest BCUT2D eigenvalue weighted by atomic mass is 127. The maximum Gasteiger partial charge on any atom is 0.193 e. The highest BCUT2D eigenvalue weighted by molar-refractivity contribution is 14.0. The van der Waals surface area contributed by atoms with E-state index in [1.807, 2.05) is 36.4 Å². The van der Waals surface area contributed by atoms with Gasteiger partial charge in [-0.1, -0.05) is 31.2 Å².